The summed E-state index contributed by atoms with van der Waals surface area (Å²) < 4.78 is 5.94. The van der Waals surface area contributed by atoms with Gasteiger partial charge in [-0.15, -0.1) is 0 Å². The number of para-hydroxylation sites is 1. The molecule has 0 bridgehead atoms. The number of ketones is 1. The molecule has 6 heteroatoms. The second kappa shape index (κ2) is 7.46. The molecule has 0 radical (unpaired) electrons. The van der Waals surface area contributed by atoms with E-state index in [0.29, 0.717) is 41.2 Å². The topological polar surface area (TPSA) is 63.6 Å². The lowest BCUT2D eigenvalue weighted by Gasteiger charge is -2.16. The first-order valence-corrected chi connectivity index (χ1v) is 8.70. The number of aliphatic carboxylic acids is 1. The van der Waals surface area contributed by atoms with Gasteiger partial charge in [0.15, 0.2) is 5.78 Å². The Kier molecular flexibility index (Phi) is 5.30. The zero-order valence-corrected chi connectivity index (χ0v) is 14.8. The number of ether oxygens (including phenoxy) is 1. The summed E-state index contributed by atoms with van der Waals surface area (Å²) in [6.45, 7) is 0. The quantitative estimate of drug-likeness (QED) is 0.754. The van der Waals surface area contributed by atoms with Crippen molar-refractivity contribution < 1.29 is 19.4 Å². The van der Waals surface area contributed by atoms with Gasteiger partial charge in [0.1, 0.15) is 5.75 Å². The molecule has 2 aromatic carbocycles. The van der Waals surface area contributed by atoms with Crippen LogP contribution in [0.2, 0.25) is 10.0 Å². The number of carboxylic acids is 1. The van der Waals surface area contributed by atoms with Gasteiger partial charge < -0.3 is 9.84 Å². The third-order valence-corrected chi connectivity index (χ3v) is 5.17. The summed E-state index contributed by atoms with van der Waals surface area (Å²) >= 11 is 12.2. The Bertz CT molecular complexity index is 819. The Morgan fingerprint density at radius 1 is 1.00 bits per heavy atom. The predicted molar refractivity (Wildman–Crippen MR) is 95.7 cm³/mol. The molecule has 0 spiro atoms. The van der Waals surface area contributed by atoms with Crippen LogP contribution in [0.3, 0.4) is 0 Å². The third-order valence-electron chi connectivity index (χ3n) is 4.36. The van der Waals surface area contributed by atoms with Gasteiger partial charge in [-0.3, -0.25) is 9.59 Å². The van der Waals surface area contributed by atoms with Crippen molar-refractivity contribution in [2.75, 3.05) is 0 Å². The lowest BCUT2D eigenvalue weighted by atomic mass is 10.0. The fourth-order valence-electron chi connectivity index (χ4n) is 3.03. The highest BCUT2D eigenvalue weighted by Gasteiger charge is 2.31. The van der Waals surface area contributed by atoms with Crippen LogP contribution in [-0.4, -0.2) is 23.0 Å². The second-order valence-electron chi connectivity index (χ2n) is 6.01. The van der Waals surface area contributed by atoms with E-state index in [4.69, 9.17) is 33.0 Å². The lowest BCUT2D eigenvalue weighted by Crippen LogP contribution is -2.17. The first kappa shape index (κ1) is 17.8. The summed E-state index contributed by atoms with van der Waals surface area (Å²) in [6, 6.07) is 11.8. The van der Waals surface area contributed by atoms with Crippen LogP contribution >= 0.6 is 23.2 Å². The SMILES string of the molecule is O=C(c1ccccc1OC1CCC(C(=O)O)C1)c1cccc(Cl)c1Cl. The molecular formula is C19H16Cl2O4. The van der Waals surface area contributed by atoms with E-state index in [1.54, 1.807) is 42.5 Å². The number of carbonyl (C=O) groups excluding carboxylic acids is 1. The molecule has 3 rings (SSSR count). The van der Waals surface area contributed by atoms with Crippen molar-refractivity contribution in [1.29, 1.82) is 0 Å². The number of rotatable bonds is 5. The highest BCUT2D eigenvalue weighted by molar-refractivity contribution is 6.44. The van der Waals surface area contributed by atoms with Crippen molar-refractivity contribution in [1.82, 2.24) is 0 Å². The first-order chi connectivity index (χ1) is 12.0. The molecule has 0 amide bonds. The summed E-state index contributed by atoms with van der Waals surface area (Å²) in [4.78, 5) is 24.0. The van der Waals surface area contributed by atoms with Crippen LogP contribution in [0.1, 0.15) is 35.2 Å². The fraction of sp³-hybridized carbons (Fsp3) is 0.263. The van der Waals surface area contributed by atoms with Crippen LogP contribution in [0.4, 0.5) is 0 Å². The average Bonchev–Trinajstić information content (AvgIpc) is 3.06. The number of hydrogen-bond donors (Lipinski definition) is 1. The van der Waals surface area contributed by atoms with E-state index in [1.807, 2.05) is 0 Å². The largest absolute Gasteiger partial charge is 0.490 e. The van der Waals surface area contributed by atoms with Gasteiger partial charge in [-0.05, 0) is 43.5 Å². The van der Waals surface area contributed by atoms with Crippen molar-refractivity contribution in [2.24, 2.45) is 5.92 Å². The Hall–Kier alpha value is -2.04. The Morgan fingerprint density at radius 2 is 1.72 bits per heavy atom. The molecule has 1 saturated carbocycles. The molecular weight excluding hydrogens is 363 g/mol. The maximum Gasteiger partial charge on any atom is 0.306 e. The normalized spacial score (nSPS) is 19.6. The molecule has 130 valence electrons. The smallest absolute Gasteiger partial charge is 0.306 e. The Morgan fingerprint density at radius 3 is 2.44 bits per heavy atom. The second-order valence-corrected chi connectivity index (χ2v) is 6.80. The standard InChI is InChI=1S/C19H16Cl2O4/c20-15-6-3-5-14(17(15)21)18(22)13-4-1-2-7-16(13)25-12-9-8-11(10-12)19(23)24/h1-7,11-12H,8-10H2,(H,23,24). The maximum atomic E-state index is 12.9. The predicted octanol–water partition coefficient (Wildman–Crippen LogP) is 4.86. The molecule has 1 fully saturated rings. The van der Waals surface area contributed by atoms with Gasteiger partial charge in [0.25, 0.3) is 0 Å². The van der Waals surface area contributed by atoms with Crippen molar-refractivity contribution in [2.45, 2.75) is 25.4 Å². The molecule has 0 saturated heterocycles. The Labute approximate surface area is 155 Å². The number of hydrogen-bond acceptors (Lipinski definition) is 3. The zero-order valence-electron chi connectivity index (χ0n) is 13.2. The van der Waals surface area contributed by atoms with Crippen molar-refractivity contribution in [3.8, 4) is 5.75 Å². The van der Waals surface area contributed by atoms with Crippen molar-refractivity contribution >= 4 is 35.0 Å². The molecule has 2 aromatic rings. The van der Waals surface area contributed by atoms with Crippen LogP contribution in [0.15, 0.2) is 42.5 Å². The van der Waals surface area contributed by atoms with Gasteiger partial charge in [0.2, 0.25) is 0 Å². The van der Waals surface area contributed by atoms with Crippen LogP contribution < -0.4 is 4.74 Å². The van der Waals surface area contributed by atoms with E-state index >= 15 is 0 Å². The van der Waals surface area contributed by atoms with Crippen LogP contribution in [-0.2, 0) is 4.79 Å². The minimum Gasteiger partial charge on any atom is -0.490 e. The fourth-order valence-corrected chi connectivity index (χ4v) is 3.42. The van der Waals surface area contributed by atoms with E-state index in [2.05, 4.69) is 0 Å². The monoisotopic (exact) mass is 378 g/mol. The van der Waals surface area contributed by atoms with Gasteiger partial charge >= 0.3 is 5.97 Å². The van der Waals surface area contributed by atoms with E-state index in [9.17, 15) is 9.59 Å². The molecule has 2 unspecified atom stereocenters. The van der Waals surface area contributed by atoms with Crippen molar-refractivity contribution in [3.63, 3.8) is 0 Å². The summed E-state index contributed by atoms with van der Waals surface area (Å²) in [6.07, 6.45) is 1.45. The lowest BCUT2D eigenvalue weighted by molar-refractivity contribution is -0.141. The molecule has 0 heterocycles. The molecule has 1 aliphatic carbocycles. The summed E-state index contributed by atoms with van der Waals surface area (Å²) in [5.41, 5.74) is 0.686. The molecule has 0 aliphatic heterocycles. The summed E-state index contributed by atoms with van der Waals surface area (Å²) in [5, 5.41) is 9.62. The number of carboxylic acid groups (broad SMARTS) is 1. The maximum absolute atomic E-state index is 12.9. The van der Waals surface area contributed by atoms with Gasteiger partial charge in [-0.2, -0.15) is 0 Å². The third kappa shape index (κ3) is 3.80. The molecule has 4 nitrogen and oxygen atoms in total. The van der Waals surface area contributed by atoms with Gasteiger partial charge in [0.05, 0.1) is 27.6 Å². The van der Waals surface area contributed by atoms with Gasteiger partial charge in [0, 0.05) is 5.56 Å². The Balaban J connectivity index is 1.85. The van der Waals surface area contributed by atoms with Crippen molar-refractivity contribution in [3.05, 3.63) is 63.6 Å². The first-order valence-electron chi connectivity index (χ1n) is 7.94. The molecule has 1 N–H and O–H groups in total. The number of benzene rings is 2. The summed E-state index contributed by atoms with van der Waals surface area (Å²) in [5.74, 6) is -1.05. The number of carbonyl (C=O) groups is 2. The van der Waals surface area contributed by atoms with E-state index < -0.39 is 11.9 Å². The van der Waals surface area contributed by atoms with E-state index in [0.717, 1.165) is 0 Å². The zero-order chi connectivity index (χ0) is 18.0. The minimum absolute atomic E-state index is 0.204. The van der Waals surface area contributed by atoms with E-state index in [1.165, 1.54) is 0 Å². The average molecular weight is 379 g/mol. The van der Waals surface area contributed by atoms with Gasteiger partial charge in [-0.25, -0.2) is 0 Å². The highest BCUT2D eigenvalue weighted by atomic mass is 35.5. The number of halogens is 2. The molecule has 25 heavy (non-hydrogen) atoms. The minimum atomic E-state index is -0.804. The van der Waals surface area contributed by atoms with Crippen LogP contribution in [0.5, 0.6) is 5.75 Å². The van der Waals surface area contributed by atoms with Gasteiger partial charge in [-0.1, -0.05) is 41.4 Å². The van der Waals surface area contributed by atoms with Crippen LogP contribution in [0, 0.1) is 5.92 Å². The van der Waals surface area contributed by atoms with Crippen LogP contribution in [0.25, 0.3) is 0 Å². The molecule has 1 aliphatic rings. The molecule has 2 atom stereocenters. The summed E-state index contributed by atoms with van der Waals surface area (Å²) in [7, 11) is 0. The van der Waals surface area contributed by atoms with E-state index in [-0.39, 0.29) is 16.9 Å². The highest BCUT2D eigenvalue weighted by Crippen LogP contribution is 2.33. The molecule has 0 aromatic heterocycles.